The van der Waals surface area contributed by atoms with E-state index in [4.69, 9.17) is 28.2 Å². The lowest BCUT2D eigenvalue weighted by Crippen LogP contribution is -2.32. The van der Waals surface area contributed by atoms with Gasteiger partial charge < -0.3 is 19.5 Å². The molecule has 162 valence electrons. The van der Waals surface area contributed by atoms with Crippen LogP contribution < -0.4 is 5.32 Å². The highest BCUT2D eigenvalue weighted by atomic mass is 35.5. The van der Waals surface area contributed by atoms with E-state index in [2.05, 4.69) is 41.1 Å². The monoisotopic (exact) mass is 454 g/mol. The number of furan rings is 1. The summed E-state index contributed by atoms with van der Waals surface area (Å²) in [5, 5.41) is 4.90. The molecule has 0 saturated carbocycles. The number of aromatic nitrogens is 1. The summed E-state index contributed by atoms with van der Waals surface area (Å²) in [5.74, 6) is 1.67. The zero-order chi connectivity index (χ0) is 22.0. The zero-order valence-electron chi connectivity index (χ0n) is 18.0. The molecule has 2 atom stereocenters. The maximum Gasteiger partial charge on any atom is 0.170 e. The fourth-order valence-corrected chi connectivity index (χ4v) is 4.53. The zero-order valence-corrected chi connectivity index (χ0v) is 19.6. The van der Waals surface area contributed by atoms with Crippen molar-refractivity contribution in [3.05, 3.63) is 76.8 Å². The predicted octanol–water partition coefficient (Wildman–Crippen LogP) is 5.23. The first-order valence-electron chi connectivity index (χ1n) is 10.4. The van der Waals surface area contributed by atoms with Crippen molar-refractivity contribution in [2.45, 2.75) is 25.4 Å². The molecule has 1 N–H and O–H groups in total. The van der Waals surface area contributed by atoms with E-state index in [9.17, 15) is 0 Å². The summed E-state index contributed by atoms with van der Waals surface area (Å²) >= 11 is 12.0. The third-order valence-electron chi connectivity index (χ3n) is 5.59. The lowest BCUT2D eigenvalue weighted by molar-refractivity contribution is 0.261. The molecular weight excluding hydrogens is 428 g/mol. The van der Waals surface area contributed by atoms with Gasteiger partial charge in [0, 0.05) is 23.3 Å². The Kier molecular flexibility index (Phi) is 6.60. The molecule has 1 aliphatic rings. The van der Waals surface area contributed by atoms with Gasteiger partial charge in [0.05, 0.1) is 11.7 Å². The largest absolute Gasteiger partial charge is 0.459 e. The minimum atomic E-state index is -0.0764. The van der Waals surface area contributed by atoms with Gasteiger partial charge in [-0.1, -0.05) is 23.7 Å². The molecule has 0 spiro atoms. The van der Waals surface area contributed by atoms with Crippen LogP contribution >= 0.6 is 23.8 Å². The highest BCUT2D eigenvalue weighted by Gasteiger charge is 2.41. The Hall–Kier alpha value is -2.41. The predicted molar refractivity (Wildman–Crippen MR) is 129 cm³/mol. The summed E-state index contributed by atoms with van der Waals surface area (Å²) in [6, 6.07) is 15.7. The summed E-state index contributed by atoms with van der Waals surface area (Å²) < 4.78 is 6.41. The fourth-order valence-electron chi connectivity index (χ4n) is 4.03. The molecule has 31 heavy (non-hydrogen) atoms. The van der Waals surface area contributed by atoms with Crippen LogP contribution in [0.2, 0.25) is 5.02 Å². The van der Waals surface area contributed by atoms with Crippen molar-refractivity contribution in [1.29, 1.82) is 0 Å². The number of benzene rings is 1. The first-order valence-corrected chi connectivity index (χ1v) is 11.2. The van der Waals surface area contributed by atoms with Gasteiger partial charge in [0.25, 0.3) is 0 Å². The van der Waals surface area contributed by atoms with E-state index in [0.717, 1.165) is 53.0 Å². The van der Waals surface area contributed by atoms with Crippen molar-refractivity contribution in [3.63, 3.8) is 0 Å². The molecule has 0 aliphatic carbocycles. The van der Waals surface area contributed by atoms with E-state index < -0.39 is 0 Å². The first-order chi connectivity index (χ1) is 14.9. The fraction of sp³-hybridized carbons (Fsp3) is 0.333. The number of nitrogens with zero attached hydrogens (tertiary/aromatic N) is 3. The number of halogens is 1. The Morgan fingerprint density at radius 2 is 2.03 bits per heavy atom. The van der Waals surface area contributed by atoms with Crippen LogP contribution in [-0.2, 0) is 0 Å². The molecule has 7 heteroatoms. The number of nitrogens with one attached hydrogen (secondary N) is 1. The molecule has 5 nitrogen and oxygen atoms in total. The van der Waals surface area contributed by atoms with Crippen LogP contribution in [0.25, 0.3) is 11.3 Å². The third kappa shape index (κ3) is 4.76. The number of thiocarbonyl (C=S) groups is 1. The molecule has 0 radical (unpaired) electrons. The van der Waals surface area contributed by atoms with Crippen molar-refractivity contribution in [2.24, 2.45) is 0 Å². The minimum Gasteiger partial charge on any atom is -0.459 e. The van der Waals surface area contributed by atoms with Gasteiger partial charge in [-0.05, 0) is 88.2 Å². The van der Waals surface area contributed by atoms with Crippen LogP contribution in [0, 0.1) is 6.92 Å². The van der Waals surface area contributed by atoms with Crippen LogP contribution in [0.4, 0.5) is 0 Å². The van der Waals surface area contributed by atoms with Gasteiger partial charge in [0.2, 0.25) is 0 Å². The molecule has 1 aromatic carbocycles. The second kappa shape index (κ2) is 9.39. The van der Waals surface area contributed by atoms with Crippen LogP contribution in [-0.4, -0.2) is 47.1 Å². The van der Waals surface area contributed by atoms with Gasteiger partial charge >= 0.3 is 0 Å². The summed E-state index contributed by atoms with van der Waals surface area (Å²) in [7, 11) is 4.17. The molecule has 1 saturated heterocycles. The van der Waals surface area contributed by atoms with E-state index in [1.54, 1.807) is 0 Å². The maximum absolute atomic E-state index is 6.41. The Labute approximate surface area is 194 Å². The number of hydrogen-bond donors (Lipinski definition) is 1. The first kappa shape index (κ1) is 21.8. The van der Waals surface area contributed by atoms with Crippen LogP contribution in [0.5, 0.6) is 0 Å². The summed E-state index contributed by atoms with van der Waals surface area (Å²) in [5.41, 5.74) is 3.07. The molecule has 3 heterocycles. The van der Waals surface area contributed by atoms with Crippen LogP contribution in [0.15, 0.2) is 59.1 Å². The smallest absolute Gasteiger partial charge is 0.170 e. The van der Waals surface area contributed by atoms with Gasteiger partial charge in [-0.25, -0.2) is 0 Å². The lowest BCUT2D eigenvalue weighted by atomic mass is 10.0. The van der Waals surface area contributed by atoms with E-state index in [-0.39, 0.29) is 12.1 Å². The topological polar surface area (TPSA) is 44.5 Å². The van der Waals surface area contributed by atoms with Gasteiger partial charge in [-0.2, -0.15) is 0 Å². The molecule has 0 amide bonds. The van der Waals surface area contributed by atoms with Crippen molar-refractivity contribution in [1.82, 2.24) is 20.1 Å². The molecule has 4 rings (SSSR count). The molecule has 3 aromatic rings. The number of rotatable bonds is 7. The highest BCUT2D eigenvalue weighted by Crippen LogP contribution is 2.41. The molecule has 1 aliphatic heterocycles. The Morgan fingerprint density at radius 3 is 2.77 bits per heavy atom. The average molecular weight is 455 g/mol. The third-order valence-corrected chi connectivity index (χ3v) is 6.17. The maximum atomic E-state index is 6.41. The van der Waals surface area contributed by atoms with Crippen LogP contribution in [0.3, 0.4) is 0 Å². The highest BCUT2D eigenvalue weighted by molar-refractivity contribution is 7.80. The second-order valence-electron chi connectivity index (χ2n) is 8.14. The SMILES string of the molecule is Cc1ccc(Cl)cc1-c1ccc(C2C(c3ccccn3)NC(=S)N2CCCN(C)C)o1. The molecule has 2 aromatic heterocycles. The summed E-state index contributed by atoms with van der Waals surface area (Å²) in [6.45, 7) is 3.89. The Bertz CT molecular complexity index is 1050. The van der Waals surface area contributed by atoms with Gasteiger partial charge in [-0.15, -0.1) is 0 Å². The average Bonchev–Trinajstić information content (AvgIpc) is 3.35. The van der Waals surface area contributed by atoms with Crippen molar-refractivity contribution < 1.29 is 4.42 Å². The van der Waals surface area contributed by atoms with Crippen LogP contribution in [0.1, 0.15) is 35.5 Å². The standard InChI is InChI=1S/C24H27ClN4OS/c1-16-8-9-17(25)15-18(16)20-10-11-21(30-20)23-22(19-7-4-5-12-26-19)27-24(31)29(23)14-6-13-28(2)3/h4-5,7-12,15,22-23H,6,13-14H2,1-3H3,(H,27,31). The van der Waals surface area contributed by atoms with E-state index in [1.165, 1.54) is 0 Å². The number of hydrogen-bond acceptors (Lipinski definition) is 4. The normalized spacial score (nSPS) is 18.6. The second-order valence-corrected chi connectivity index (χ2v) is 8.96. The van der Waals surface area contributed by atoms with Crippen molar-refractivity contribution in [3.8, 4) is 11.3 Å². The van der Waals surface area contributed by atoms with E-state index >= 15 is 0 Å². The molecule has 0 bridgehead atoms. The van der Waals surface area contributed by atoms with Gasteiger partial charge in [0.15, 0.2) is 5.11 Å². The quantitative estimate of drug-likeness (QED) is 0.493. The summed E-state index contributed by atoms with van der Waals surface area (Å²) in [6.07, 6.45) is 2.82. The van der Waals surface area contributed by atoms with Crippen molar-refractivity contribution >= 4 is 28.9 Å². The summed E-state index contributed by atoms with van der Waals surface area (Å²) in [4.78, 5) is 9.00. The van der Waals surface area contributed by atoms with Gasteiger partial charge in [-0.3, -0.25) is 4.98 Å². The van der Waals surface area contributed by atoms with E-state index in [1.807, 2.05) is 54.7 Å². The lowest BCUT2D eigenvalue weighted by Gasteiger charge is -2.26. The van der Waals surface area contributed by atoms with E-state index in [0.29, 0.717) is 5.02 Å². The molecule has 2 unspecified atom stereocenters. The Morgan fingerprint density at radius 1 is 1.19 bits per heavy atom. The van der Waals surface area contributed by atoms with Gasteiger partial charge in [0.1, 0.15) is 17.6 Å². The molecule has 1 fully saturated rings. The number of aryl methyl sites for hydroxylation is 1. The molecular formula is C24H27ClN4OS. The number of pyridine rings is 1. The van der Waals surface area contributed by atoms with Crippen molar-refractivity contribution in [2.75, 3.05) is 27.2 Å². The minimum absolute atomic E-state index is 0.0715. The Balaban J connectivity index is 1.69.